The molecular weight excluding hydrogens is 240 g/mol. The molecule has 2 aliphatic rings. The quantitative estimate of drug-likeness (QED) is 0.447. The molecule has 0 aromatic carbocycles. The number of methoxy groups -OCH3 is 1. The van der Waals surface area contributed by atoms with Gasteiger partial charge in [-0.3, -0.25) is 4.79 Å². The van der Waals surface area contributed by atoms with Crippen molar-refractivity contribution in [1.29, 1.82) is 0 Å². The van der Waals surface area contributed by atoms with Crippen molar-refractivity contribution in [2.45, 2.75) is 31.3 Å². The molecule has 0 spiro atoms. The summed E-state index contributed by atoms with van der Waals surface area (Å²) in [5.74, 6) is 0.753. The molecule has 0 aliphatic carbocycles. The minimum atomic E-state index is -0.170. The van der Waals surface area contributed by atoms with Gasteiger partial charge in [0.1, 0.15) is 0 Å². The van der Waals surface area contributed by atoms with E-state index in [1.807, 2.05) is 0 Å². The average Bonchev–Trinajstić information content (AvgIpc) is 2.84. The molecule has 0 bridgehead atoms. The van der Waals surface area contributed by atoms with E-state index >= 15 is 0 Å². The zero-order valence-electron chi connectivity index (χ0n) is 9.69. The van der Waals surface area contributed by atoms with Gasteiger partial charge in [-0.25, -0.2) is 4.79 Å². The molecule has 2 atom stereocenters. The first-order valence-electron chi connectivity index (χ1n) is 5.67. The fourth-order valence-electron chi connectivity index (χ4n) is 2.00. The molecule has 0 saturated carbocycles. The van der Waals surface area contributed by atoms with E-state index in [0.29, 0.717) is 6.42 Å². The third-order valence-corrected chi connectivity index (χ3v) is 4.18. The van der Waals surface area contributed by atoms with Crippen molar-refractivity contribution in [2.75, 3.05) is 12.9 Å². The second kappa shape index (κ2) is 5.44. The molecule has 5 nitrogen and oxygen atoms in total. The molecule has 0 aromatic heterocycles. The van der Waals surface area contributed by atoms with Crippen molar-refractivity contribution in [3.8, 4) is 0 Å². The Kier molecular flexibility index (Phi) is 3.93. The molecular formula is C11H16N2O3S. The Morgan fingerprint density at radius 2 is 2.41 bits per heavy atom. The lowest BCUT2D eigenvalue weighted by Gasteiger charge is -2.07. The van der Waals surface area contributed by atoms with Gasteiger partial charge in [-0.05, 0) is 12.8 Å². The average molecular weight is 256 g/mol. The van der Waals surface area contributed by atoms with Crippen LogP contribution >= 0.6 is 11.8 Å². The van der Waals surface area contributed by atoms with Crippen LogP contribution in [0.3, 0.4) is 0 Å². The Bertz CT molecular complexity index is 357. The maximum absolute atomic E-state index is 11.1. The number of carbonyl (C=O) groups is 2. The summed E-state index contributed by atoms with van der Waals surface area (Å²) in [4.78, 5) is 23.3. The van der Waals surface area contributed by atoms with Crippen molar-refractivity contribution in [2.24, 2.45) is 0 Å². The molecule has 2 heterocycles. The summed E-state index contributed by atoms with van der Waals surface area (Å²) >= 11 is 1.77. The first kappa shape index (κ1) is 12.3. The van der Waals surface area contributed by atoms with E-state index < -0.39 is 0 Å². The number of allylic oxidation sites excluding steroid dienone is 1. The molecule has 2 unspecified atom stereocenters. The van der Waals surface area contributed by atoms with Crippen LogP contribution in [0.5, 0.6) is 0 Å². The van der Waals surface area contributed by atoms with Gasteiger partial charge in [0, 0.05) is 17.1 Å². The molecule has 17 heavy (non-hydrogen) atoms. The first-order valence-corrected chi connectivity index (χ1v) is 6.66. The summed E-state index contributed by atoms with van der Waals surface area (Å²) in [6, 6.07) is 0.269. The molecule has 2 rings (SSSR count). The number of fused-ring (bicyclic) bond motifs is 1. The van der Waals surface area contributed by atoms with Gasteiger partial charge in [-0.2, -0.15) is 0 Å². The third kappa shape index (κ3) is 2.94. The zero-order chi connectivity index (χ0) is 12.3. The van der Waals surface area contributed by atoms with Crippen molar-refractivity contribution >= 4 is 23.8 Å². The second-order valence-electron chi connectivity index (χ2n) is 4.09. The Morgan fingerprint density at radius 1 is 1.59 bits per heavy atom. The maximum atomic E-state index is 11.1. The normalized spacial score (nSPS) is 28.8. The summed E-state index contributed by atoms with van der Waals surface area (Å²) < 4.78 is 4.57. The van der Waals surface area contributed by atoms with Crippen LogP contribution in [0.2, 0.25) is 0 Å². The highest BCUT2D eigenvalue weighted by Crippen LogP contribution is 2.33. The van der Waals surface area contributed by atoms with Crippen LogP contribution in [-0.4, -0.2) is 36.9 Å². The van der Waals surface area contributed by atoms with E-state index in [-0.39, 0.29) is 24.1 Å². The summed E-state index contributed by atoms with van der Waals surface area (Å²) in [6.07, 6.45) is 4.20. The monoisotopic (exact) mass is 256 g/mol. The largest absolute Gasteiger partial charge is 0.469 e. The predicted octanol–water partition coefficient (Wildman–Crippen LogP) is 1.01. The number of rotatable bonds is 4. The van der Waals surface area contributed by atoms with Crippen LogP contribution in [0.15, 0.2) is 11.0 Å². The highest BCUT2D eigenvalue weighted by Gasteiger charge is 2.39. The number of esters is 1. The zero-order valence-corrected chi connectivity index (χ0v) is 10.5. The fraction of sp³-hybridized carbons (Fsp3) is 0.636. The highest BCUT2D eigenvalue weighted by atomic mass is 32.2. The fourth-order valence-corrected chi connectivity index (χ4v) is 3.28. The molecule has 2 N–H and O–H groups in total. The molecule has 2 amide bonds. The molecule has 0 radical (unpaired) electrons. The van der Waals surface area contributed by atoms with Gasteiger partial charge in [0.05, 0.1) is 19.2 Å². The molecule has 94 valence electrons. The van der Waals surface area contributed by atoms with Gasteiger partial charge < -0.3 is 15.4 Å². The van der Waals surface area contributed by atoms with Gasteiger partial charge in [0.25, 0.3) is 0 Å². The van der Waals surface area contributed by atoms with E-state index in [1.54, 1.807) is 11.8 Å². The number of thioether (sulfide) groups is 1. The minimum Gasteiger partial charge on any atom is -0.469 e. The maximum Gasteiger partial charge on any atom is 0.315 e. The van der Waals surface area contributed by atoms with Gasteiger partial charge >= 0.3 is 12.0 Å². The number of amides is 2. The molecule has 0 aromatic rings. The number of nitrogens with one attached hydrogen (secondary N) is 2. The Labute approximate surface area is 104 Å². The van der Waals surface area contributed by atoms with Crippen molar-refractivity contribution in [3.05, 3.63) is 11.0 Å². The smallest absolute Gasteiger partial charge is 0.315 e. The third-order valence-electron chi connectivity index (χ3n) is 2.90. The highest BCUT2D eigenvalue weighted by molar-refractivity contribution is 8.03. The van der Waals surface area contributed by atoms with Crippen molar-refractivity contribution in [1.82, 2.24) is 10.6 Å². The van der Waals surface area contributed by atoms with Crippen molar-refractivity contribution in [3.63, 3.8) is 0 Å². The molecule has 2 saturated heterocycles. The number of carbonyl (C=O) groups excluding carboxylic acids is 2. The predicted molar refractivity (Wildman–Crippen MR) is 65.7 cm³/mol. The number of unbranched alkanes of at least 4 members (excludes halogenated alkanes) is 1. The van der Waals surface area contributed by atoms with Gasteiger partial charge in [0.15, 0.2) is 0 Å². The van der Waals surface area contributed by atoms with Crippen LogP contribution in [0, 0.1) is 0 Å². The minimum absolute atomic E-state index is 0.0826. The first-order chi connectivity index (χ1) is 8.20. The van der Waals surface area contributed by atoms with E-state index in [4.69, 9.17) is 0 Å². The molecule has 2 fully saturated rings. The lowest BCUT2D eigenvalue weighted by molar-refractivity contribution is -0.140. The topological polar surface area (TPSA) is 67.4 Å². The Morgan fingerprint density at radius 3 is 3.18 bits per heavy atom. The Hall–Kier alpha value is -1.17. The Balaban J connectivity index is 1.78. The van der Waals surface area contributed by atoms with E-state index in [1.165, 1.54) is 12.0 Å². The number of hydrogen-bond acceptors (Lipinski definition) is 4. The SMILES string of the molecule is COC(=O)CCCC=C1SCC2NC(=O)NC12. The van der Waals surface area contributed by atoms with E-state index in [2.05, 4.69) is 21.4 Å². The van der Waals surface area contributed by atoms with Crippen LogP contribution < -0.4 is 10.6 Å². The van der Waals surface area contributed by atoms with Crippen LogP contribution in [0.4, 0.5) is 4.79 Å². The number of ether oxygens (including phenoxy) is 1. The number of hydrogen-bond donors (Lipinski definition) is 2. The van der Waals surface area contributed by atoms with Crippen LogP contribution in [-0.2, 0) is 9.53 Å². The standard InChI is InChI=1S/C11H16N2O3S/c1-16-9(14)5-3-2-4-8-10-7(6-17-8)12-11(15)13-10/h4,7,10H,2-3,5-6H2,1H3,(H2,12,13,15). The lowest BCUT2D eigenvalue weighted by atomic mass is 10.1. The van der Waals surface area contributed by atoms with E-state index in [0.717, 1.165) is 18.6 Å². The van der Waals surface area contributed by atoms with Crippen LogP contribution in [0.1, 0.15) is 19.3 Å². The van der Waals surface area contributed by atoms with Gasteiger partial charge in [-0.1, -0.05) is 6.08 Å². The van der Waals surface area contributed by atoms with Crippen molar-refractivity contribution < 1.29 is 14.3 Å². The molecule has 6 heteroatoms. The molecule has 2 aliphatic heterocycles. The lowest BCUT2D eigenvalue weighted by Crippen LogP contribution is -2.30. The summed E-state index contributed by atoms with van der Waals surface area (Å²) in [5.41, 5.74) is 0. The van der Waals surface area contributed by atoms with Crippen LogP contribution in [0.25, 0.3) is 0 Å². The summed E-state index contributed by atoms with van der Waals surface area (Å²) in [7, 11) is 1.40. The van der Waals surface area contributed by atoms with Gasteiger partial charge in [0.2, 0.25) is 0 Å². The van der Waals surface area contributed by atoms with Gasteiger partial charge in [-0.15, -0.1) is 11.8 Å². The summed E-state index contributed by atoms with van der Waals surface area (Å²) in [6.45, 7) is 0. The summed E-state index contributed by atoms with van der Waals surface area (Å²) in [5, 5.41) is 5.77. The second-order valence-corrected chi connectivity index (χ2v) is 5.18. The van der Waals surface area contributed by atoms with E-state index in [9.17, 15) is 9.59 Å². The number of urea groups is 1.